The van der Waals surface area contributed by atoms with E-state index in [9.17, 15) is 21.6 Å². The highest BCUT2D eigenvalue weighted by atomic mass is 32.2. The van der Waals surface area contributed by atoms with Crippen molar-refractivity contribution in [1.82, 2.24) is 14.5 Å². The second-order valence-corrected chi connectivity index (χ2v) is 6.73. The number of hydrogen-bond donors (Lipinski definition) is 1. The number of hydrogen-bond acceptors (Lipinski definition) is 3. The van der Waals surface area contributed by atoms with Gasteiger partial charge < -0.3 is 0 Å². The third-order valence-corrected chi connectivity index (χ3v) is 4.53. The minimum Gasteiger partial charge on any atom is -0.269 e. The van der Waals surface area contributed by atoms with E-state index in [-0.39, 0.29) is 6.54 Å². The summed E-state index contributed by atoms with van der Waals surface area (Å²) in [7, 11) is -3.92. The molecule has 1 aliphatic heterocycles. The smallest absolute Gasteiger partial charge is 0.269 e. The van der Waals surface area contributed by atoms with Gasteiger partial charge >= 0.3 is 6.18 Å². The largest absolute Gasteiger partial charge is 0.390 e. The molecule has 0 unspecified atom stereocenters. The van der Waals surface area contributed by atoms with Gasteiger partial charge in [-0.15, -0.1) is 0 Å². The molecule has 114 valence electrons. The predicted octanol–water partition coefficient (Wildman–Crippen LogP) is 1.59. The zero-order chi connectivity index (χ0) is 14.8. The number of sulfonamides is 1. The molecule has 5 nitrogen and oxygen atoms in total. The molecule has 0 saturated carbocycles. The summed E-state index contributed by atoms with van der Waals surface area (Å²) in [5, 5.41) is 4.14. The quantitative estimate of drug-likeness (QED) is 0.898. The predicted molar refractivity (Wildman–Crippen MR) is 66.5 cm³/mol. The van der Waals surface area contributed by atoms with Gasteiger partial charge in [0, 0.05) is 24.3 Å². The summed E-state index contributed by atoms with van der Waals surface area (Å²) in [6.45, 7) is 0.797. The first-order valence-electron chi connectivity index (χ1n) is 6.34. The molecule has 2 heterocycles. The third kappa shape index (κ3) is 4.20. The van der Waals surface area contributed by atoms with Crippen molar-refractivity contribution >= 4 is 10.0 Å². The van der Waals surface area contributed by atoms with Gasteiger partial charge in [0.15, 0.2) is 0 Å². The lowest BCUT2D eigenvalue weighted by atomic mass is 10.1. The van der Waals surface area contributed by atoms with Crippen LogP contribution < -0.4 is 4.72 Å². The van der Waals surface area contributed by atoms with Crippen molar-refractivity contribution < 1.29 is 21.6 Å². The number of halogens is 3. The standard InChI is InChI=1S/C11H16F3N3O2S/c12-11(13,14)4-6-20(18,19)16-8-9-7-15-17-5-2-1-3-10(9)17/h7,16H,1-6,8H2. The van der Waals surface area contributed by atoms with Gasteiger partial charge in [-0.3, -0.25) is 4.68 Å². The normalized spacial score (nSPS) is 16.1. The van der Waals surface area contributed by atoms with E-state index in [2.05, 4.69) is 9.82 Å². The number of alkyl halides is 3. The summed E-state index contributed by atoms with van der Waals surface area (Å²) in [6, 6.07) is 0. The van der Waals surface area contributed by atoms with Crippen LogP contribution in [0.5, 0.6) is 0 Å². The summed E-state index contributed by atoms with van der Waals surface area (Å²) in [5.74, 6) is -0.944. The molecule has 0 saturated heterocycles. The molecule has 1 aromatic heterocycles. The van der Waals surface area contributed by atoms with E-state index in [0.29, 0.717) is 0 Å². The summed E-state index contributed by atoms with van der Waals surface area (Å²) in [6.07, 6.45) is -1.36. The van der Waals surface area contributed by atoms with Crippen molar-refractivity contribution in [2.75, 3.05) is 5.75 Å². The molecule has 0 radical (unpaired) electrons. The van der Waals surface area contributed by atoms with Gasteiger partial charge in [0.1, 0.15) is 0 Å². The van der Waals surface area contributed by atoms with E-state index >= 15 is 0 Å². The molecule has 0 spiro atoms. The lowest BCUT2D eigenvalue weighted by molar-refractivity contribution is -0.129. The maximum absolute atomic E-state index is 12.0. The SMILES string of the molecule is O=S(=O)(CCC(F)(F)F)NCc1cnn2c1CCCC2. The maximum Gasteiger partial charge on any atom is 0.390 e. The first-order chi connectivity index (χ1) is 9.27. The zero-order valence-electron chi connectivity index (χ0n) is 10.8. The Balaban J connectivity index is 1.93. The average molecular weight is 311 g/mol. The molecule has 1 aromatic rings. The van der Waals surface area contributed by atoms with Crippen molar-refractivity contribution in [1.29, 1.82) is 0 Å². The van der Waals surface area contributed by atoms with Gasteiger partial charge in [-0.2, -0.15) is 18.3 Å². The summed E-state index contributed by atoms with van der Waals surface area (Å²) < 4.78 is 63.1. The van der Waals surface area contributed by atoms with Crippen LogP contribution in [0.15, 0.2) is 6.20 Å². The van der Waals surface area contributed by atoms with E-state index in [0.717, 1.165) is 37.1 Å². The van der Waals surface area contributed by atoms with Crippen molar-refractivity contribution in [3.05, 3.63) is 17.5 Å². The van der Waals surface area contributed by atoms with Gasteiger partial charge in [0.2, 0.25) is 10.0 Å². The van der Waals surface area contributed by atoms with Crippen molar-refractivity contribution in [3.8, 4) is 0 Å². The second kappa shape index (κ2) is 5.72. The van der Waals surface area contributed by atoms with Crippen LogP contribution in [0, 0.1) is 0 Å². The van der Waals surface area contributed by atoms with Crippen LogP contribution in [-0.4, -0.2) is 30.1 Å². The van der Waals surface area contributed by atoms with Gasteiger partial charge in [-0.25, -0.2) is 13.1 Å². The van der Waals surface area contributed by atoms with E-state index in [4.69, 9.17) is 0 Å². The minimum atomic E-state index is -4.47. The number of aryl methyl sites for hydroxylation is 1. The van der Waals surface area contributed by atoms with E-state index in [1.807, 2.05) is 4.68 Å². The second-order valence-electron chi connectivity index (χ2n) is 4.80. The molecule has 0 aliphatic carbocycles. The lowest BCUT2D eigenvalue weighted by Gasteiger charge is -2.15. The van der Waals surface area contributed by atoms with Crippen molar-refractivity contribution in [3.63, 3.8) is 0 Å². The van der Waals surface area contributed by atoms with E-state index in [1.54, 1.807) is 6.20 Å². The fourth-order valence-corrected chi connectivity index (χ4v) is 3.16. The van der Waals surface area contributed by atoms with Crippen LogP contribution in [0.1, 0.15) is 30.5 Å². The van der Waals surface area contributed by atoms with Crippen LogP contribution >= 0.6 is 0 Å². The minimum absolute atomic E-state index is 0.00444. The Labute approximate surface area is 115 Å². The monoisotopic (exact) mass is 311 g/mol. The van der Waals surface area contributed by atoms with Gasteiger partial charge in [-0.1, -0.05) is 0 Å². The Bertz CT molecular complexity index is 566. The van der Waals surface area contributed by atoms with Crippen molar-refractivity contribution in [2.24, 2.45) is 0 Å². The highest BCUT2D eigenvalue weighted by Crippen LogP contribution is 2.20. The molecule has 0 atom stereocenters. The molecular weight excluding hydrogens is 295 g/mol. The molecule has 1 aliphatic rings. The molecule has 0 aromatic carbocycles. The molecule has 9 heteroatoms. The first-order valence-corrected chi connectivity index (χ1v) is 8.00. The number of nitrogens with zero attached hydrogens (tertiary/aromatic N) is 2. The third-order valence-electron chi connectivity index (χ3n) is 3.21. The molecule has 1 N–H and O–H groups in total. The number of nitrogens with one attached hydrogen (secondary N) is 1. The molecule has 2 rings (SSSR count). The van der Waals surface area contributed by atoms with Gasteiger partial charge in [-0.05, 0) is 19.3 Å². The number of rotatable bonds is 5. The van der Waals surface area contributed by atoms with Crippen LogP contribution in [-0.2, 0) is 29.5 Å². The molecular formula is C11H16F3N3O2S. The molecule has 0 bridgehead atoms. The highest BCUT2D eigenvalue weighted by molar-refractivity contribution is 7.89. The Morgan fingerprint density at radius 2 is 2.10 bits per heavy atom. The number of fused-ring (bicyclic) bond motifs is 1. The van der Waals surface area contributed by atoms with Gasteiger partial charge in [0.05, 0.1) is 18.4 Å². The number of aromatic nitrogens is 2. The fourth-order valence-electron chi connectivity index (χ4n) is 2.14. The van der Waals surface area contributed by atoms with E-state index in [1.165, 1.54) is 0 Å². The lowest BCUT2D eigenvalue weighted by Crippen LogP contribution is -2.29. The topological polar surface area (TPSA) is 64.0 Å². The van der Waals surface area contributed by atoms with Crippen LogP contribution in [0.3, 0.4) is 0 Å². The molecule has 20 heavy (non-hydrogen) atoms. The maximum atomic E-state index is 12.0. The van der Waals surface area contributed by atoms with Crippen LogP contribution in [0.4, 0.5) is 13.2 Å². The Hall–Kier alpha value is -1.09. The van der Waals surface area contributed by atoms with E-state index < -0.39 is 28.4 Å². The van der Waals surface area contributed by atoms with Gasteiger partial charge in [0.25, 0.3) is 0 Å². The molecule has 0 amide bonds. The Morgan fingerprint density at radius 1 is 1.35 bits per heavy atom. The highest BCUT2D eigenvalue weighted by Gasteiger charge is 2.30. The Kier molecular flexibility index (Phi) is 4.38. The van der Waals surface area contributed by atoms with Crippen LogP contribution in [0.2, 0.25) is 0 Å². The average Bonchev–Trinajstić information content (AvgIpc) is 2.77. The summed E-state index contributed by atoms with van der Waals surface area (Å²) >= 11 is 0. The Morgan fingerprint density at radius 3 is 2.80 bits per heavy atom. The first kappa shape index (κ1) is 15.3. The summed E-state index contributed by atoms with van der Waals surface area (Å²) in [4.78, 5) is 0. The van der Waals surface area contributed by atoms with Crippen molar-refractivity contribution in [2.45, 2.75) is 44.9 Å². The zero-order valence-corrected chi connectivity index (χ0v) is 11.6. The molecule has 0 fully saturated rings. The van der Waals surface area contributed by atoms with Crippen LogP contribution in [0.25, 0.3) is 0 Å². The fraction of sp³-hybridized carbons (Fsp3) is 0.727. The summed E-state index contributed by atoms with van der Waals surface area (Å²) in [5.41, 5.74) is 1.70.